The normalized spacial score (nSPS) is 23.0. The molecule has 0 fully saturated rings. The molecule has 0 saturated heterocycles. The molecule has 2 heterocycles. The predicted octanol–water partition coefficient (Wildman–Crippen LogP) is 8.90. The molecule has 2 aromatic rings. The average molecular weight is 666 g/mol. The molecule has 5 rings (SSSR count). The molecule has 3 aliphatic rings. The molecule has 0 amide bonds. The summed E-state index contributed by atoms with van der Waals surface area (Å²) in [7, 11) is 0. The zero-order valence-corrected chi connectivity index (χ0v) is 27.5. The van der Waals surface area contributed by atoms with Gasteiger partial charge in [0.1, 0.15) is 0 Å². The Labute approximate surface area is 260 Å². The van der Waals surface area contributed by atoms with E-state index in [0.717, 1.165) is 41.7 Å². The van der Waals surface area contributed by atoms with E-state index >= 15 is 0 Å². The lowest BCUT2D eigenvalue weighted by Crippen LogP contribution is -2.59. The Morgan fingerprint density at radius 3 is 2.62 bits per heavy atom. The largest absolute Gasteiger partial charge is 0.344 e. The van der Waals surface area contributed by atoms with Crippen LogP contribution in [0.2, 0.25) is 0 Å². The van der Waals surface area contributed by atoms with E-state index in [0.29, 0.717) is 11.8 Å². The minimum absolute atomic E-state index is 0.0275. The molecule has 1 N–H and O–H groups in total. The maximum atomic E-state index is 7.13. The average Bonchev–Trinajstić information content (AvgIpc) is 3.47. The Hall–Kier alpha value is -2.11. The molecule has 2 atom stereocenters. The van der Waals surface area contributed by atoms with E-state index in [2.05, 4.69) is 146 Å². The van der Waals surface area contributed by atoms with Crippen LogP contribution in [0.5, 0.6) is 0 Å². The van der Waals surface area contributed by atoms with E-state index in [1.54, 1.807) is 0 Å². The topological polar surface area (TPSA) is 17.2 Å². The third-order valence-corrected chi connectivity index (χ3v) is 10.7. The van der Waals surface area contributed by atoms with Gasteiger partial charge in [-0.05, 0) is 65.9 Å². The molecule has 2 nitrogen and oxygen atoms in total. The van der Waals surface area contributed by atoms with Crippen molar-refractivity contribution in [3.63, 3.8) is 0 Å². The van der Waals surface area contributed by atoms with Crippen LogP contribution < -0.4 is 9.89 Å². The fourth-order valence-electron chi connectivity index (χ4n) is 6.73. The SMILES string of the molecule is CCCN1C(=CC=C2CCCC(C=CC(CI)C(C)(C)C3C=[NH+]c4ccccc43)=C2Cl)C(C)(C)c2ccccc21. The second-order valence-corrected chi connectivity index (χ2v) is 13.8. The van der Waals surface area contributed by atoms with Crippen molar-refractivity contribution in [2.75, 3.05) is 15.9 Å². The summed E-state index contributed by atoms with van der Waals surface area (Å²) in [4.78, 5) is 6.02. The number of allylic oxidation sites excluding steroid dienone is 8. The number of hydrogen-bond acceptors (Lipinski definition) is 1. The summed E-state index contributed by atoms with van der Waals surface area (Å²) in [6.45, 7) is 12.8. The number of halogens is 2. The summed E-state index contributed by atoms with van der Waals surface area (Å²) in [6, 6.07) is 17.6. The highest BCUT2D eigenvalue weighted by molar-refractivity contribution is 14.1. The van der Waals surface area contributed by atoms with Crippen LogP contribution in [0.4, 0.5) is 11.4 Å². The molecule has 1 aliphatic carbocycles. The molecule has 2 unspecified atom stereocenters. The number of fused-ring (bicyclic) bond motifs is 2. The first-order valence-corrected chi connectivity index (χ1v) is 16.7. The van der Waals surface area contributed by atoms with E-state index in [4.69, 9.17) is 11.6 Å². The number of hydrogen-bond donors (Lipinski definition) is 1. The lowest BCUT2D eigenvalue weighted by molar-refractivity contribution is -0.344. The van der Waals surface area contributed by atoms with Gasteiger partial charge in [-0.15, -0.1) is 0 Å². The fraction of sp³-hybridized carbons (Fsp3) is 0.417. The van der Waals surface area contributed by atoms with E-state index in [1.165, 1.54) is 39.3 Å². The molecule has 2 aliphatic heterocycles. The lowest BCUT2D eigenvalue weighted by atomic mass is 9.68. The van der Waals surface area contributed by atoms with Crippen molar-refractivity contribution in [2.24, 2.45) is 11.3 Å². The smallest absolute Gasteiger partial charge is 0.207 e. The monoisotopic (exact) mass is 665 g/mol. The van der Waals surface area contributed by atoms with Crippen molar-refractivity contribution in [1.82, 2.24) is 0 Å². The Kier molecular flexibility index (Phi) is 8.83. The van der Waals surface area contributed by atoms with Gasteiger partial charge in [0, 0.05) is 44.4 Å². The molecule has 0 spiro atoms. The first-order chi connectivity index (χ1) is 19.2. The van der Waals surface area contributed by atoms with Crippen molar-refractivity contribution in [3.05, 3.63) is 106 Å². The maximum absolute atomic E-state index is 7.13. The van der Waals surface area contributed by atoms with Crippen LogP contribution in [0.15, 0.2) is 94.7 Å². The van der Waals surface area contributed by atoms with Crippen LogP contribution in [0.25, 0.3) is 0 Å². The Balaban J connectivity index is 1.41. The number of anilines is 1. The lowest BCUT2D eigenvalue weighted by Gasteiger charge is -2.35. The van der Waals surface area contributed by atoms with Gasteiger partial charge in [-0.3, -0.25) is 0 Å². The minimum atomic E-state index is -0.0275. The van der Waals surface area contributed by atoms with Crippen LogP contribution in [-0.2, 0) is 5.41 Å². The van der Waals surface area contributed by atoms with Crippen LogP contribution in [0.3, 0.4) is 0 Å². The van der Waals surface area contributed by atoms with Gasteiger partial charge in [0.05, 0.1) is 5.92 Å². The minimum Gasteiger partial charge on any atom is -0.344 e. The number of alkyl halides is 1. The second-order valence-electron chi connectivity index (χ2n) is 12.5. The molecule has 2 aromatic carbocycles. The van der Waals surface area contributed by atoms with Crippen LogP contribution in [0.1, 0.15) is 77.3 Å². The van der Waals surface area contributed by atoms with Crippen molar-refractivity contribution in [2.45, 2.75) is 71.6 Å². The van der Waals surface area contributed by atoms with Gasteiger partial charge in [0.15, 0.2) is 6.21 Å². The van der Waals surface area contributed by atoms with Crippen LogP contribution in [-0.4, -0.2) is 17.2 Å². The van der Waals surface area contributed by atoms with Gasteiger partial charge in [-0.1, -0.05) is 123 Å². The van der Waals surface area contributed by atoms with E-state index in [1.807, 2.05) is 0 Å². The van der Waals surface area contributed by atoms with Crippen molar-refractivity contribution in [3.8, 4) is 0 Å². The molecule has 0 radical (unpaired) electrons. The molecule has 40 heavy (non-hydrogen) atoms. The number of para-hydroxylation sites is 2. The van der Waals surface area contributed by atoms with Gasteiger partial charge < -0.3 is 4.90 Å². The third-order valence-electron chi connectivity index (χ3n) is 9.30. The number of benzene rings is 2. The zero-order valence-electron chi connectivity index (χ0n) is 24.6. The highest BCUT2D eigenvalue weighted by Crippen LogP contribution is 2.48. The summed E-state index contributed by atoms with van der Waals surface area (Å²) in [5.74, 6) is 0.798. The van der Waals surface area contributed by atoms with Crippen molar-refractivity contribution in [1.29, 1.82) is 0 Å². The summed E-state index contributed by atoms with van der Waals surface area (Å²) < 4.78 is 1.07. The summed E-state index contributed by atoms with van der Waals surface area (Å²) in [6.07, 6.45) is 16.0. The van der Waals surface area contributed by atoms with Crippen LogP contribution in [0, 0.1) is 11.3 Å². The first-order valence-electron chi connectivity index (χ1n) is 14.8. The number of nitrogens with one attached hydrogen (secondary N) is 1. The van der Waals surface area contributed by atoms with E-state index < -0.39 is 0 Å². The Morgan fingerprint density at radius 1 is 1.10 bits per heavy atom. The predicted molar refractivity (Wildman–Crippen MR) is 181 cm³/mol. The quantitative estimate of drug-likeness (QED) is 0.220. The molecule has 4 heteroatoms. The van der Waals surface area contributed by atoms with Gasteiger partial charge in [-0.2, -0.15) is 0 Å². The molecule has 0 bridgehead atoms. The Morgan fingerprint density at radius 2 is 1.85 bits per heavy atom. The van der Waals surface area contributed by atoms with E-state index in [-0.39, 0.29) is 10.8 Å². The third kappa shape index (κ3) is 5.41. The zero-order chi connectivity index (χ0) is 28.5. The molecule has 0 saturated carbocycles. The van der Waals surface area contributed by atoms with Crippen LogP contribution >= 0.6 is 34.2 Å². The first kappa shape index (κ1) is 29.4. The highest BCUT2D eigenvalue weighted by atomic mass is 127. The van der Waals surface area contributed by atoms with E-state index in [9.17, 15) is 0 Å². The molecular weight excluding hydrogens is 623 g/mol. The fourth-order valence-corrected chi connectivity index (χ4v) is 8.48. The molecule has 0 aromatic heterocycles. The van der Waals surface area contributed by atoms with Crippen molar-refractivity contribution >= 4 is 51.8 Å². The molecular formula is C36H43ClIN2+. The van der Waals surface area contributed by atoms with Gasteiger partial charge in [-0.25, -0.2) is 4.99 Å². The summed E-state index contributed by atoms with van der Waals surface area (Å²) in [5.41, 5.74) is 9.34. The summed E-state index contributed by atoms with van der Waals surface area (Å²) >= 11 is 9.68. The highest BCUT2D eigenvalue weighted by Gasteiger charge is 2.42. The summed E-state index contributed by atoms with van der Waals surface area (Å²) in [5, 5.41) is 0.944. The van der Waals surface area contributed by atoms with Crippen molar-refractivity contribution < 1.29 is 4.99 Å². The maximum Gasteiger partial charge on any atom is 0.207 e. The van der Waals surface area contributed by atoms with Gasteiger partial charge in [0.25, 0.3) is 0 Å². The van der Waals surface area contributed by atoms with Gasteiger partial charge in [0.2, 0.25) is 5.69 Å². The van der Waals surface area contributed by atoms with Gasteiger partial charge >= 0.3 is 0 Å². The Bertz CT molecular complexity index is 1410. The standard InChI is InChI=1S/C36H42ClIN2/c1-6-22-40-32-17-10-8-15-29(32)36(4,5)33(40)21-19-26-13-11-12-25(34(26)37)18-20-27(23-38)35(2,3)30-24-39-31-16-9-7-14-28(30)31/h7-10,14-21,24,27,30H,6,11-13,22-23H2,1-5H3/p+1. The number of rotatable bonds is 8. The molecule has 210 valence electrons. The number of nitrogens with zero attached hydrogens (tertiary/aromatic N) is 1. The second kappa shape index (κ2) is 12.0.